The van der Waals surface area contributed by atoms with E-state index in [-0.39, 0.29) is 5.02 Å². The second-order valence-corrected chi connectivity index (χ2v) is 6.56. The van der Waals surface area contributed by atoms with Crippen LogP contribution >= 0.6 is 11.6 Å². The van der Waals surface area contributed by atoms with E-state index >= 15 is 0 Å². The van der Waals surface area contributed by atoms with Gasteiger partial charge in [-0.2, -0.15) is 14.9 Å². The van der Waals surface area contributed by atoms with E-state index in [9.17, 15) is 4.79 Å². The van der Waals surface area contributed by atoms with Crippen molar-refractivity contribution in [3.8, 4) is 5.69 Å². The number of fused-ring (bicyclic) bond motifs is 1. The maximum atomic E-state index is 12.5. The topological polar surface area (TPSA) is 64.2 Å². The first kappa shape index (κ1) is 18.0. The number of rotatable bonds is 5. The predicted molar refractivity (Wildman–Crippen MR) is 114 cm³/mol. The van der Waals surface area contributed by atoms with Gasteiger partial charge in [0.25, 0.3) is 5.56 Å². The molecule has 2 aromatic carbocycles. The summed E-state index contributed by atoms with van der Waals surface area (Å²) in [7, 11) is 0. The summed E-state index contributed by atoms with van der Waals surface area (Å²) in [6, 6.07) is 17.3. The van der Waals surface area contributed by atoms with Gasteiger partial charge in [-0.3, -0.25) is 10.2 Å². The Morgan fingerprint density at radius 3 is 2.68 bits per heavy atom. The molecule has 0 saturated heterocycles. The Hall–Kier alpha value is -3.38. The molecule has 0 spiro atoms. The molecule has 0 unspecified atom stereocenters. The molecular formula is C21H18ClN5O. The zero-order valence-corrected chi connectivity index (χ0v) is 16.0. The summed E-state index contributed by atoms with van der Waals surface area (Å²) >= 11 is 6.24. The van der Waals surface area contributed by atoms with Gasteiger partial charge in [0.05, 0.1) is 18.1 Å². The third-order valence-corrected chi connectivity index (χ3v) is 4.83. The summed E-state index contributed by atoms with van der Waals surface area (Å²) in [5.74, 6) is 0. The van der Waals surface area contributed by atoms with Gasteiger partial charge in [0.15, 0.2) is 0 Å². The normalized spacial score (nSPS) is 11.4. The third-order valence-electron chi connectivity index (χ3n) is 4.47. The van der Waals surface area contributed by atoms with Crippen LogP contribution in [0, 0.1) is 0 Å². The summed E-state index contributed by atoms with van der Waals surface area (Å²) in [6.07, 6.45) is 5.25. The number of hydrogen-bond donors (Lipinski definition) is 1. The molecule has 4 aromatic rings. The van der Waals surface area contributed by atoms with Gasteiger partial charge >= 0.3 is 0 Å². The molecule has 0 aliphatic carbocycles. The van der Waals surface area contributed by atoms with Gasteiger partial charge < -0.3 is 4.57 Å². The number of nitrogens with zero attached hydrogens (tertiary/aromatic N) is 4. The van der Waals surface area contributed by atoms with Crippen LogP contribution in [0.2, 0.25) is 5.02 Å². The van der Waals surface area contributed by atoms with Crippen molar-refractivity contribution in [2.45, 2.75) is 13.5 Å². The predicted octanol–water partition coefficient (Wildman–Crippen LogP) is 4.31. The van der Waals surface area contributed by atoms with E-state index in [0.29, 0.717) is 11.4 Å². The maximum absolute atomic E-state index is 12.5. The van der Waals surface area contributed by atoms with Gasteiger partial charge in [0.2, 0.25) is 0 Å². The number of hydrazone groups is 1. The van der Waals surface area contributed by atoms with Crippen LogP contribution in [0.3, 0.4) is 0 Å². The lowest BCUT2D eigenvalue weighted by molar-refractivity contribution is 0.797. The number of nitrogens with one attached hydrogen (secondary N) is 1. The SMILES string of the molecule is CCn1cc(/C=N\Nc2cnn(-c3ccccc3)c(=O)c2Cl)c2ccccc21. The fourth-order valence-electron chi connectivity index (χ4n) is 3.07. The maximum Gasteiger partial charge on any atom is 0.292 e. The van der Waals surface area contributed by atoms with Crippen molar-refractivity contribution in [2.75, 3.05) is 5.43 Å². The minimum atomic E-state index is -0.407. The second kappa shape index (κ2) is 7.70. The van der Waals surface area contributed by atoms with Crippen molar-refractivity contribution >= 4 is 34.4 Å². The van der Waals surface area contributed by atoms with E-state index in [1.165, 1.54) is 10.9 Å². The Labute approximate surface area is 166 Å². The fraction of sp³-hybridized carbons (Fsp3) is 0.0952. The van der Waals surface area contributed by atoms with Crippen LogP contribution in [-0.4, -0.2) is 20.6 Å². The van der Waals surface area contributed by atoms with Crippen LogP contribution in [-0.2, 0) is 6.54 Å². The lowest BCUT2D eigenvalue weighted by Gasteiger charge is -2.07. The van der Waals surface area contributed by atoms with Gasteiger partial charge in [-0.15, -0.1) is 0 Å². The number of halogens is 1. The standard InChI is InChI=1S/C21H18ClN5O/c1-2-26-14-15(17-10-6-7-11-19(17)26)12-23-25-18-13-24-27(21(28)20(18)22)16-8-4-3-5-9-16/h3-14,25H,2H2,1H3/b23-12-. The molecule has 0 saturated carbocycles. The smallest absolute Gasteiger partial charge is 0.292 e. The molecule has 140 valence electrons. The van der Waals surface area contributed by atoms with Crippen molar-refractivity contribution in [1.82, 2.24) is 14.3 Å². The number of benzene rings is 2. The summed E-state index contributed by atoms with van der Waals surface area (Å²) in [6.45, 7) is 2.97. The number of hydrogen-bond acceptors (Lipinski definition) is 4. The highest BCUT2D eigenvalue weighted by molar-refractivity contribution is 6.33. The molecule has 4 rings (SSSR count). The molecule has 0 fully saturated rings. The third kappa shape index (κ3) is 3.30. The second-order valence-electron chi connectivity index (χ2n) is 6.18. The molecule has 7 heteroatoms. The number of anilines is 1. The van der Waals surface area contributed by atoms with Crippen LogP contribution in [0.1, 0.15) is 12.5 Å². The van der Waals surface area contributed by atoms with Gasteiger partial charge in [0, 0.05) is 29.2 Å². The lowest BCUT2D eigenvalue weighted by atomic mass is 10.2. The van der Waals surface area contributed by atoms with Gasteiger partial charge in [-0.1, -0.05) is 48.0 Å². The summed E-state index contributed by atoms with van der Waals surface area (Å²) < 4.78 is 3.42. The molecule has 0 amide bonds. The molecule has 2 heterocycles. The van der Waals surface area contributed by atoms with E-state index in [0.717, 1.165) is 23.0 Å². The highest BCUT2D eigenvalue weighted by Gasteiger charge is 2.10. The Balaban J connectivity index is 1.61. The van der Waals surface area contributed by atoms with Crippen LogP contribution in [0.5, 0.6) is 0 Å². The molecular weight excluding hydrogens is 374 g/mol. The Kier molecular flexibility index (Phi) is 4.95. The number of para-hydroxylation sites is 2. The quantitative estimate of drug-likeness (QED) is 0.407. The summed E-state index contributed by atoms with van der Waals surface area (Å²) in [5, 5.41) is 9.58. The van der Waals surface area contributed by atoms with Gasteiger partial charge in [-0.25, -0.2) is 0 Å². The van der Waals surface area contributed by atoms with Crippen molar-refractivity contribution < 1.29 is 0 Å². The van der Waals surface area contributed by atoms with Gasteiger partial charge in [0.1, 0.15) is 10.7 Å². The first-order valence-corrected chi connectivity index (χ1v) is 9.27. The zero-order chi connectivity index (χ0) is 19.5. The molecule has 1 N–H and O–H groups in total. The molecule has 6 nitrogen and oxygen atoms in total. The first-order valence-electron chi connectivity index (χ1n) is 8.89. The average molecular weight is 392 g/mol. The Bertz CT molecular complexity index is 1210. The largest absolute Gasteiger partial charge is 0.347 e. The molecule has 0 aliphatic heterocycles. The van der Waals surface area contributed by atoms with E-state index in [4.69, 9.17) is 11.6 Å². The Morgan fingerprint density at radius 1 is 1.14 bits per heavy atom. The minimum absolute atomic E-state index is 0.0342. The monoisotopic (exact) mass is 391 g/mol. The van der Waals surface area contributed by atoms with Crippen LogP contribution in [0.4, 0.5) is 5.69 Å². The number of aromatic nitrogens is 3. The summed E-state index contributed by atoms with van der Waals surface area (Å²) in [5.41, 5.74) is 5.55. The summed E-state index contributed by atoms with van der Waals surface area (Å²) in [4.78, 5) is 12.5. The van der Waals surface area contributed by atoms with E-state index in [1.807, 2.05) is 36.5 Å². The van der Waals surface area contributed by atoms with Gasteiger partial charge in [-0.05, 0) is 25.1 Å². The van der Waals surface area contributed by atoms with Crippen LogP contribution in [0.25, 0.3) is 16.6 Å². The van der Waals surface area contributed by atoms with Crippen molar-refractivity contribution in [2.24, 2.45) is 5.10 Å². The molecule has 2 aromatic heterocycles. The molecule has 0 bridgehead atoms. The molecule has 28 heavy (non-hydrogen) atoms. The van der Waals surface area contributed by atoms with E-state index < -0.39 is 5.56 Å². The highest BCUT2D eigenvalue weighted by atomic mass is 35.5. The lowest BCUT2D eigenvalue weighted by Crippen LogP contribution is -2.22. The minimum Gasteiger partial charge on any atom is -0.347 e. The highest BCUT2D eigenvalue weighted by Crippen LogP contribution is 2.20. The first-order chi connectivity index (χ1) is 13.7. The van der Waals surface area contributed by atoms with Crippen molar-refractivity contribution in [1.29, 1.82) is 0 Å². The Morgan fingerprint density at radius 2 is 1.89 bits per heavy atom. The van der Waals surface area contributed by atoms with Crippen LogP contribution in [0.15, 0.2) is 76.9 Å². The van der Waals surface area contributed by atoms with Crippen LogP contribution < -0.4 is 11.0 Å². The molecule has 0 radical (unpaired) electrons. The van der Waals surface area contributed by atoms with E-state index in [2.05, 4.69) is 39.2 Å². The van der Waals surface area contributed by atoms with Crippen molar-refractivity contribution in [3.05, 3.63) is 87.9 Å². The average Bonchev–Trinajstić information content (AvgIpc) is 3.10. The van der Waals surface area contributed by atoms with Crippen molar-refractivity contribution in [3.63, 3.8) is 0 Å². The molecule has 0 aliphatic rings. The zero-order valence-electron chi connectivity index (χ0n) is 15.2. The van der Waals surface area contributed by atoms with E-state index in [1.54, 1.807) is 18.3 Å². The number of aryl methyl sites for hydroxylation is 1. The molecule has 0 atom stereocenters. The fourth-order valence-corrected chi connectivity index (χ4v) is 3.25.